The van der Waals surface area contributed by atoms with Crippen molar-refractivity contribution in [1.82, 2.24) is 0 Å². The predicted octanol–water partition coefficient (Wildman–Crippen LogP) is 1.69. The highest BCUT2D eigenvalue weighted by atomic mass is 16.7. The van der Waals surface area contributed by atoms with Crippen molar-refractivity contribution in [3.05, 3.63) is 23.8 Å². The number of benzene rings is 1. The van der Waals surface area contributed by atoms with Crippen LogP contribution in [-0.4, -0.2) is 36.5 Å². The predicted molar refractivity (Wildman–Crippen MR) is 75.7 cm³/mol. The Morgan fingerprint density at radius 1 is 1.20 bits per heavy atom. The van der Waals surface area contributed by atoms with Crippen molar-refractivity contribution in [1.29, 1.82) is 0 Å². The molecule has 20 heavy (non-hydrogen) atoms. The summed E-state index contributed by atoms with van der Waals surface area (Å²) < 4.78 is 17.0. The Hall–Kier alpha value is -1.53. The van der Waals surface area contributed by atoms with E-state index in [0.717, 1.165) is 5.46 Å². The Balaban J connectivity index is 2.34. The van der Waals surface area contributed by atoms with Gasteiger partial charge in [0.25, 0.3) is 0 Å². The maximum absolute atomic E-state index is 11.1. The Kier molecular flexibility index (Phi) is 3.56. The van der Waals surface area contributed by atoms with Crippen molar-refractivity contribution in [2.75, 3.05) is 7.11 Å². The number of hydrogen-bond acceptors (Lipinski definition) is 4. The van der Waals surface area contributed by atoms with E-state index in [2.05, 4.69) is 0 Å². The summed E-state index contributed by atoms with van der Waals surface area (Å²) in [5.41, 5.74) is -0.00880. The molecule has 0 aromatic heterocycles. The lowest BCUT2D eigenvalue weighted by atomic mass is 9.78. The molecule has 1 aromatic rings. The van der Waals surface area contributed by atoms with Crippen LogP contribution in [-0.2, 0) is 9.31 Å². The Bertz CT molecular complexity index is 522. The van der Waals surface area contributed by atoms with E-state index in [4.69, 9.17) is 19.2 Å². The summed E-state index contributed by atoms with van der Waals surface area (Å²) in [6.07, 6.45) is 0. The van der Waals surface area contributed by atoms with Crippen LogP contribution in [0.5, 0.6) is 5.75 Å². The summed E-state index contributed by atoms with van der Waals surface area (Å²) in [4.78, 5) is 11.1. The van der Waals surface area contributed by atoms with Crippen molar-refractivity contribution in [2.45, 2.75) is 38.9 Å². The number of carboxylic acid groups (broad SMARTS) is 1. The van der Waals surface area contributed by atoms with E-state index >= 15 is 0 Å². The van der Waals surface area contributed by atoms with Gasteiger partial charge in [0.15, 0.2) is 0 Å². The van der Waals surface area contributed by atoms with E-state index in [0.29, 0.717) is 5.75 Å². The summed E-state index contributed by atoms with van der Waals surface area (Å²) in [6.45, 7) is 7.87. The molecule has 0 spiro atoms. The van der Waals surface area contributed by atoms with Gasteiger partial charge < -0.3 is 19.2 Å². The first-order chi connectivity index (χ1) is 9.18. The molecule has 1 N–H and O–H groups in total. The minimum Gasteiger partial charge on any atom is -0.496 e. The topological polar surface area (TPSA) is 65.0 Å². The van der Waals surface area contributed by atoms with Crippen LogP contribution in [0.25, 0.3) is 0 Å². The maximum atomic E-state index is 11.1. The van der Waals surface area contributed by atoms with Gasteiger partial charge in [-0.1, -0.05) is 6.07 Å². The molecule has 0 bridgehead atoms. The standard InChI is InChI=1S/C14H19BO5/c1-13(2)14(3,4)20-15(19-13)9-6-7-10(12(16)17)11(8-9)18-5/h6-8H,1-5H3,(H,16,17). The number of rotatable bonds is 3. The first-order valence-electron chi connectivity index (χ1n) is 6.45. The van der Waals surface area contributed by atoms with Crippen LogP contribution in [0, 0.1) is 0 Å². The van der Waals surface area contributed by atoms with Crippen LogP contribution >= 0.6 is 0 Å². The van der Waals surface area contributed by atoms with Gasteiger partial charge in [-0.2, -0.15) is 0 Å². The molecule has 0 amide bonds. The van der Waals surface area contributed by atoms with Gasteiger partial charge in [0.05, 0.1) is 18.3 Å². The number of carbonyl (C=O) groups is 1. The van der Waals surface area contributed by atoms with Gasteiger partial charge in [-0.15, -0.1) is 0 Å². The Morgan fingerprint density at radius 2 is 1.75 bits per heavy atom. The number of methoxy groups -OCH3 is 1. The lowest BCUT2D eigenvalue weighted by Crippen LogP contribution is -2.41. The van der Waals surface area contributed by atoms with E-state index in [1.165, 1.54) is 13.2 Å². The van der Waals surface area contributed by atoms with Crippen molar-refractivity contribution in [3.8, 4) is 5.75 Å². The smallest absolute Gasteiger partial charge is 0.494 e. The van der Waals surface area contributed by atoms with Gasteiger partial charge in [0, 0.05) is 0 Å². The summed E-state index contributed by atoms with van der Waals surface area (Å²) in [5.74, 6) is -0.730. The molecule has 2 rings (SSSR count). The van der Waals surface area contributed by atoms with E-state index in [-0.39, 0.29) is 5.56 Å². The maximum Gasteiger partial charge on any atom is 0.494 e. The highest BCUT2D eigenvalue weighted by Gasteiger charge is 2.51. The molecule has 1 saturated heterocycles. The fraction of sp³-hybridized carbons (Fsp3) is 0.500. The number of carboxylic acids is 1. The summed E-state index contributed by atoms with van der Waals surface area (Å²) >= 11 is 0. The first-order valence-corrected chi connectivity index (χ1v) is 6.45. The third-order valence-electron chi connectivity index (χ3n) is 3.98. The lowest BCUT2D eigenvalue weighted by molar-refractivity contribution is 0.00578. The highest BCUT2D eigenvalue weighted by Crippen LogP contribution is 2.36. The van der Waals surface area contributed by atoms with Gasteiger partial charge in [0.1, 0.15) is 11.3 Å². The van der Waals surface area contributed by atoms with Gasteiger partial charge in [0.2, 0.25) is 0 Å². The van der Waals surface area contributed by atoms with E-state index in [9.17, 15) is 4.79 Å². The van der Waals surface area contributed by atoms with Gasteiger partial charge in [-0.25, -0.2) is 4.79 Å². The summed E-state index contributed by atoms with van der Waals surface area (Å²) in [6, 6.07) is 4.83. The number of ether oxygens (including phenoxy) is 1. The second-order valence-corrected chi connectivity index (χ2v) is 5.85. The Morgan fingerprint density at radius 3 is 2.20 bits per heavy atom. The molecule has 1 aliphatic heterocycles. The summed E-state index contributed by atoms with van der Waals surface area (Å²) in [5, 5.41) is 9.08. The molecular formula is C14H19BO5. The SMILES string of the molecule is COc1cc(B2OC(C)(C)C(C)(C)O2)ccc1C(=O)O. The minimum atomic E-state index is -1.03. The molecule has 1 heterocycles. The lowest BCUT2D eigenvalue weighted by Gasteiger charge is -2.32. The molecule has 0 aliphatic carbocycles. The minimum absolute atomic E-state index is 0.118. The largest absolute Gasteiger partial charge is 0.496 e. The van der Waals surface area contributed by atoms with Crippen molar-refractivity contribution < 1.29 is 23.9 Å². The average Bonchev–Trinajstić information content (AvgIpc) is 2.57. The van der Waals surface area contributed by atoms with Crippen molar-refractivity contribution >= 4 is 18.6 Å². The van der Waals surface area contributed by atoms with Crippen molar-refractivity contribution in [2.24, 2.45) is 0 Å². The van der Waals surface area contributed by atoms with Crippen LogP contribution in [0.1, 0.15) is 38.1 Å². The van der Waals surface area contributed by atoms with Gasteiger partial charge in [-0.3, -0.25) is 0 Å². The van der Waals surface area contributed by atoms with Crippen LogP contribution in [0.15, 0.2) is 18.2 Å². The average molecular weight is 278 g/mol. The molecule has 0 saturated carbocycles. The van der Waals surface area contributed by atoms with Crippen LogP contribution in [0.2, 0.25) is 0 Å². The molecule has 1 fully saturated rings. The molecule has 5 nitrogen and oxygen atoms in total. The third kappa shape index (κ3) is 2.41. The summed E-state index contributed by atoms with van der Waals surface area (Å²) in [7, 11) is 0.909. The first kappa shape index (κ1) is 14.9. The molecule has 0 atom stereocenters. The van der Waals surface area contributed by atoms with Crippen LogP contribution in [0.4, 0.5) is 0 Å². The zero-order chi connectivity index (χ0) is 15.1. The molecule has 0 radical (unpaired) electrons. The second kappa shape index (κ2) is 4.79. The van der Waals surface area contributed by atoms with Gasteiger partial charge in [-0.05, 0) is 45.3 Å². The zero-order valence-corrected chi connectivity index (χ0v) is 12.4. The van der Waals surface area contributed by atoms with Crippen LogP contribution in [0.3, 0.4) is 0 Å². The molecule has 1 aliphatic rings. The van der Waals surface area contributed by atoms with E-state index in [1.54, 1.807) is 12.1 Å². The van der Waals surface area contributed by atoms with Gasteiger partial charge >= 0.3 is 13.1 Å². The fourth-order valence-electron chi connectivity index (χ4n) is 2.01. The zero-order valence-electron chi connectivity index (χ0n) is 12.4. The highest BCUT2D eigenvalue weighted by molar-refractivity contribution is 6.62. The molecule has 108 valence electrons. The molecule has 1 aromatic carbocycles. The van der Waals surface area contributed by atoms with Crippen molar-refractivity contribution in [3.63, 3.8) is 0 Å². The molecule has 0 unspecified atom stereocenters. The Labute approximate surface area is 119 Å². The quantitative estimate of drug-likeness (QED) is 0.852. The molecule has 6 heteroatoms. The number of hydrogen-bond donors (Lipinski definition) is 1. The normalized spacial score (nSPS) is 19.9. The number of aromatic carboxylic acids is 1. The molecular weight excluding hydrogens is 259 g/mol. The van der Waals surface area contributed by atoms with E-state index < -0.39 is 24.3 Å². The third-order valence-corrected chi connectivity index (χ3v) is 3.98. The van der Waals surface area contributed by atoms with E-state index in [1.807, 2.05) is 27.7 Å². The van der Waals surface area contributed by atoms with Crippen LogP contribution < -0.4 is 10.2 Å². The fourth-order valence-corrected chi connectivity index (χ4v) is 2.01. The monoisotopic (exact) mass is 278 g/mol. The second-order valence-electron chi connectivity index (χ2n) is 5.85.